The molecule has 17 heavy (non-hydrogen) atoms. The standard InChI is InChI=1S/C12H20N4O/c1-8-5-13-6-9(2)16(8)12(17)11-7-14-15(4)10(11)3/h7-9,13H,5-6H2,1-4H3. The van der Waals surface area contributed by atoms with Crippen LogP contribution in [0.15, 0.2) is 6.20 Å². The Hall–Kier alpha value is -1.36. The van der Waals surface area contributed by atoms with Gasteiger partial charge in [-0.1, -0.05) is 0 Å². The van der Waals surface area contributed by atoms with Crippen molar-refractivity contribution in [2.24, 2.45) is 7.05 Å². The van der Waals surface area contributed by atoms with Gasteiger partial charge in [0.05, 0.1) is 11.8 Å². The van der Waals surface area contributed by atoms with E-state index in [1.54, 1.807) is 10.9 Å². The topological polar surface area (TPSA) is 50.2 Å². The zero-order valence-corrected chi connectivity index (χ0v) is 10.9. The number of amides is 1. The summed E-state index contributed by atoms with van der Waals surface area (Å²) in [4.78, 5) is 14.5. The summed E-state index contributed by atoms with van der Waals surface area (Å²) in [5, 5.41) is 7.46. The van der Waals surface area contributed by atoms with Crippen LogP contribution in [-0.2, 0) is 7.05 Å². The molecular formula is C12H20N4O. The molecule has 0 spiro atoms. The molecule has 2 rings (SSSR count). The number of nitrogens with zero attached hydrogens (tertiary/aromatic N) is 3. The van der Waals surface area contributed by atoms with Gasteiger partial charge >= 0.3 is 0 Å². The van der Waals surface area contributed by atoms with E-state index in [0.717, 1.165) is 18.8 Å². The van der Waals surface area contributed by atoms with Crippen molar-refractivity contribution >= 4 is 5.91 Å². The molecule has 1 fully saturated rings. The molecule has 0 saturated carbocycles. The second-order valence-electron chi connectivity index (χ2n) is 4.84. The molecule has 2 atom stereocenters. The molecule has 0 aliphatic carbocycles. The lowest BCUT2D eigenvalue weighted by Crippen LogP contribution is -2.57. The SMILES string of the molecule is Cc1c(C(=O)N2C(C)CNCC2C)cnn1C. The van der Waals surface area contributed by atoms with Crippen molar-refractivity contribution in [1.29, 1.82) is 0 Å². The number of nitrogens with one attached hydrogen (secondary N) is 1. The lowest BCUT2D eigenvalue weighted by molar-refractivity contribution is 0.0543. The predicted octanol–water partition coefficient (Wildman–Crippen LogP) is 0.551. The summed E-state index contributed by atoms with van der Waals surface area (Å²) in [7, 11) is 1.86. The number of piperazine rings is 1. The summed E-state index contributed by atoms with van der Waals surface area (Å²) in [6.45, 7) is 7.79. The van der Waals surface area contributed by atoms with E-state index in [1.807, 2.05) is 18.9 Å². The number of carbonyl (C=O) groups is 1. The van der Waals surface area contributed by atoms with Gasteiger partial charge in [-0.2, -0.15) is 5.10 Å². The fourth-order valence-electron chi connectivity index (χ4n) is 2.38. The minimum atomic E-state index is 0.0945. The smallest absolute Gasteiger partial charge is 0.257 e. The van der Waals surface area contributed by atoms with Gasteiger partial charge < -0.3 is 10.2 Å². The number of hydrogen-bond donors (Lipinski definition) is 1. The van der Waals surface area contributed by atoms with Crippen molar-refractivity contribution in [2.45, 2.75) is 32.9 Å². The average molecular weight is 236 g/mol. The lowest BCUT2D eigenvalue weighted by Gasteiger charge is -2.39. The normalized spacial score (nSPS) is 25.1. The van der Waals surface area contributed by atoms with E-state index >= 15 is 0 Å². The Morgan fingerprint density at radius 1 is 1.41 bits per heavy atom. The zero-order chi connectivity index (χ0) is 12.6. The Bertz CT molecular complexity index is 416. The van der Waals surface area contributed by atoms with Crippen molar-refractivity contribution in [3.05, 3.63) is 17.5 Å². The van der Waals surface area contributed by atoms with E-state index in [0.29, 0.717) is 5.56 Å². The Morgan fingerprint density at radius 3 is 2.47 bits per heavy atom. The highest BCUT2D eigenvalue weighted by Gasteiger charge is 2.30. The molecule has 1 aliphatic heterocycles. The Balaban J connectivity index is 2.27. The van der Waals surface area contributed by atoms with E-state index < -0.39 is 0 Å². The largest absolute Gasteiger partial charge is 0.331 e. The lowest BCUT2D eigenvalue weighted by atomic mass is 10.1. The fourth-order valence-corrected chi connectivity index (χ4v) is 2.38. The van der Waals surface area contributed by atoms with Crippen LogP contribution in [0.25, 0.3) is 0 Å². The van der Waals surface area contributed by atoms with Gasteiger partial charge in [0.1, 0.15) is 0 Å². The molecule has 1 aromatic heterocycles. The maximum absolute atomic E-state index is 12.5. The fraction of sp³-hybridized carbons (Fsp3) is 0.667. The van der Waals surface area contributed by atoms with Crippen LogP contribution in [0.5, 0.6) is 0 Å². The summed E-state index contributed by atoms with van der Waals surface area (Å²) in [6, 6.07) is 0.455. The number of rotatable bonds is 1. The highest BCUT2D eigenvalue weighted by molar-refractivity contribution is 5.95. The molecule has 0 radical (unpaired) electrons. The summed E-state index contributed by atoms with van der Waals surface area (Å²) in [5.74, 6) is 0.0945. The predicted molar refractivity (Wildman–Crippen MR) is 65.9 cm³/mol. The molecule has 94 valence electrons. The first kappa shape index (κ1) is 12.1. The molecular weight excluding hydrogens is 216 g/mol. The van der Waals surface area contributed by atoms with Gasteiger partial charge in [-0.15, -0.1) is 0 Å². The molecule has 1 aliphatic rings. The maximum atomic E-state index is 12.5. The van der Waals surface area contributed by atoms with Crippen LogP contribution in [0.4, 0.5) is 0 Å². The number of carbonyl (C=O) groups excluding carboxylic acids is 1. The van der Waals surface area contributed by atoms with Gasteiger partial charge in [-0.3, -0.25) is 9.48 Å². The first-order chi connectivity index (χ1) is 8.02. The van der Waals surface area contributed by atoms with E-state index in [2.05, 4.69) is 24.3 Å². The number of aryl methyl sites for hydroxylation is 1. The summed E-state index contributed by atoms with van der Waals surface area (Å²) < 4.78 is 1.74. The van der Waals surface area contributed by atoms with Crippen molar-refractivity contribution in [3.8, 4) is 0 Å². The number of aromatic nitrogens is 2. The van der Waals surface area contributed by atoms with Gasteiger partial charge in [0.15, 0.2) is 0 Å². The molecule has 2 unspecified atom stereocenters. The van der Waals surface area contributed by atoms with E-state index in [-0.39, 0.29) is 18.0 Å². The van der Waals surface area contributed by atoms with Crippen LogP contribution in [-0.4, -0.2) is 45.8 Å². The second kappa shape index (κ2) is 4.49. The van der Waals surface area contributed by atoms with Gasteiger partial charge in [-0.05, 0) is 20.8 Å². The van der Waals surface area contributed by atoms with Crippen molar-refractivity contribution in [3.63, 3.8) is 0 Å². The Labute approximate surface area is 102 Å². The highest BCUT2D eigenvalue weighted by Crippen LogP contribution is 2.16. The zero-order valence-electron chi connectivity index (χ0n) is 10.9. The van der Waals surface area contributed by atoms with E-state index in [9.17, 15) is 4.79 Å². The van der Waals surface area contributed by atoms with Gasteiger partial charge in [0.2, 0.25) is 0 Å². The molecule has 5 nitrogen and oxygen atoms in total. The third kappa shape index (κ3) is 2.07. The molecule has 2 heterocycles. The molecule has 1 aromatic rings. The quantitative estimate of drug-likeness (QED) is 0.774. The maximum Gasteiger partial charge on any atom is 0.257 e. The molecule has 0 aromatic carbocycles. The van der Waals surface area contributed by atoms with Gasteiger partial charge in [-0.25, -0.2) is 0 Å². The minimum Gasteiger partial charge on any atom is -0.331 e. The monoisotopic (exact) mass is 236 g/mol. The third-order valence-corrected chi connectivity index (χ3v) is 3.53. The Kier molecular flexibility index (Phi) is 3.19. The van der Waals surface area contributed by atoms with Crippen LogP contribution < -0.4 is 5.32 Å². The molecule has 5 heteroatoms. The summed E-state index contributed by atoms with van der Waals surface area (Å²) in [6.07, 6.45) is 1.67. The van der Waals surface area contributed by atoms with E-state index in [1.165, 1.54) is 0 Å². The molecule has 1 amide bonds. The summed E-state index contributed by atoms with van der Waals surface area (Å²) >= 11 is 0. The second-order valence-corrected chi connectivity index (χ2v) is 4.84. The minimum absolute atomic E-state index is 0.0945. The highest BCUT2D eigenvalue weighted by atomic mass is 16.2. The van der Waals surface area contributed by atoms with Crippen molar-refractivity contribution in [2.75, 3.05) is 13.1 Å². The van der Waals surface area contributed by atoms with Crippen molar-refractivity contribution in [1.82, 2.24) is 20.0 Å². The van der Waals surface area contributed by atoms with Crippen LogP contribution in [0.2, 0.25) is 0 Å². The third-order valence-electron chi connectivity index (χ3n) is 3.53. The molecule has 1 N–H and O–H groups in total. The van der Waals surface area contributed by atoms with Crippen LogP contribution >= 0.6 is 0 Å². The van der Waals surface area contributed by atoms with Crippen molar-refractivity contribution < 1.29 is 4.79 Å². The van der Waals surface area contributed by atoms with Crippen LogP contribution in [0.3, 0.4) is 0 Å². The first-order valence-electron chi connectivity index (χ1n) is 6.04. The molecule has 0 bridgehead atoms. The van der Waals surface area contributed by atoms with Gasteiger partial charge in [0.25, 0.3) is 5.91 Å². The van der Waals surface area contributed by atoms with Crippen LogP contribution in [0, 0.1) is 6.92 Å². The molecule has 1 saturated heterocycles. The Morgan fingerprint density at radius 2 is 2.00 bits per heavy atom. The van der Waals surface area contributed by atoms with Crippen LogP contribution in [0.1, 0.15) is 29.9 Å². The van der Waals surface area contributed by atoms with E-state index in [4.69, 9.17) is 0 Å². The first-order valence-corrected chi connectivity index (χ1v) is 6.04. The average Bonchev–Trinajstić information content (AvgIpc) is 2.59. The van der Waals surface area contributed by atoms with Gasteiger partial charge in [0, 0.05) is 37.9 Å². The number of hydrogen-bond acceptors (Lipinski definition) is 3. The summed E-state index contributed by atoms with van der Waals surface area (Å²) in [5.41, 5.74) is 1.64.